The molecule has 1 aliphatic rings. The summed E-state index contributed by atoms with van der Waals surface area (Å²) >= 11 is 5.94. The predicted octanol–water partition coefficient (Wildman–Crippen LogP) is 3.68. The summed E-state index contributed by atoms with van der Waals surface area (Å²) in [6.45, 7) is 5.08. The van der Waals surface area contributed by atoms with Crippen LogP contribution in [0.3, 0.4) is 0 Å². The lowest BCUT2D eigenvalue weighted by molar-refractivity contribution is 0.0606. The van der Waals surface area contributed by atoms with E-state index in [1.54, 1.807) is 0 Å². The molecule has 3 heteroatoms. The molecule has 1 atom stereocenters. The smallest absolute Gasteiger partial charge is 0.0468 e. The third-order valence-electron chi connectivity index (χ3n) is 3.85. The van der Waals surface area contributed by atoms with Gasteiger partial charge in [-0.25, -0.2) is 0 Å². The largest absolute Gasteiger partial charge is 0.381 e. The number of ether oxygens (including phenoxy) is 1. The van der Waals surface area contributed by atoms with Crippen molar-refractivity contribution in [1.29, 1.82) is 0 Å². The van der Waals surface area contributed by atoms with Gasteiger partial charge in [0.15, 0.2) is 0 Å². The first kappa shape index (κ1) is 14.8. The van der Waals surface area contributed by atoms with Crippen molar-refractivity contribution in [3.63, 3.8) is 0 Å². The highest BCUT2D eigenvalue weighted by Crippen LogP contribution is 2.22. The first-order chi connectivity index (χ1) is 9.28. The minimum Gasteiger partial charge on any atom is -0.381 e. The molecule has 0 bridgehead atoms. The van der Waals surface area contributed by atoms with E-state index in [4.69, 9.17) is 16.3 Å². The summed E-state index contributed by atoms with van der Waals surface area (Å²) in [5.74, 6) is 0.810. The Hall–Kier alpha value is -0.570. The van der Waals surface area contributed by atoms with Crippen LogP contribution < -0.4 is 5.32 Å². The highest BCUT2D eigenvalue weighted by atomic mass is 35.5. The van der Waals surface area contributed by atoms with Gasteiger partial charge >= 0.3 is 0 Å². The van der Waals surface area contributed by atoms with E-state index >= 15 is 0 Å². The van der Waals surface area contributed by atoms with Gasteiger partial charge in [0, 0.05) is 24.3 Å². The molecule has 1 aliphatic heterocycles. The Morgan fingerprint density at radius 2 is 1.95 bits per heavy atom. The van der Waals surface area contributed by atoms with Crippen LogP contribution >= 0.6 is 11.6 Å². The Morgan fingerprint density at radius 1 is 1.26 bits per heavy atom. The maximum atomic E-state index is 5.94. The van der Waals surface area contributed by atoms with Gasteiger partial charge in [-0.2, -0.15) is 0 Å². The quantitative estimate of drug-likeness (QED) is 0.859. The van der Waals surface area contributed by atoms with E-state index in [1.165, 1.54) is 24.8 Å². The molecule has 1 aromatic carbocycles. The lowest BCUT2D eigenvalue weighted by Gasteiger charge is -2.27. The van der Waals surface area contributed by atoms with E-state index in [9.17, 15) is 0 Å². The van der Waals surface area contributed by atoms with Crippen molar-refractivity contribution in [2.75, 3.05) is 19.8 Å². The Morgan fingerprint density at radius 3 is 2.58 bits per heavy atom. The van der Waals surface area contributed by atoms with Crippen LogP contribution in [0.1, 0.15) is 31.7 Å². The lowest BCUT2D eigenvalue weighted by Crippen LogP contribution is -2.34. The first-order valence-electron chi connectivity index (χ1n) is 7.33. The summed E-state index contributed by atoms with van der Waals surface area (Å²) in [6.07, 6.45) is 4.76. The number of likely N-dealkylation sites (N-methyl/N-ethyl adjacent to an activating group) is 1. The molecule has 19 heavy (non-hydrogen) atoms. The van der Waals surface area contributed by atoms with Gasteiger partial charge in [0.25, 0.3) is 0 Å². The number of nitrogens with one attached hydrogen (secondary N) is 1. The van der Waals surface area contributed by atoms with Gasteiger partial charge in [0.05, 0.1) is 0 Å². The highest BCUT2D eigenvalue weighted by Gasteiger charge is 2.19. The Labute approximate surface area is 121 Å². The normalized spacial score (nSPS) is 18.4. The fraction of sp³-hybridized carbons (Fsp3) is 0.625. The molecule has 1 heterocycles. The van der Waals surface area contributed by atoms with Gasteiger partial charge in [-0.05, 0) is 55.8 Å². The first-order valence-corrected chi connectivity index (χ1v) is 7.71. The maximum absolute atomic E-state index is 5.94. The van der Waals surface area contributed by atoms with Crippen molar-refractivity contribution in [1.82, 2.24) is 5.32 Å². The number of rotatable bonds is 6. The molecule has 1 fully saturated rings. The molecule has 0 aromatic heterocycles. The zero-order valence-corrected chi connectivity index (χ0v) is 12.5. The second-order valence-corrected chi connectivity index (χ2v) is 5.81. The molecule has 2 nitrogen and oxygen atoms in total. The van der Waals surface area contributed by atoms with E-state index in [-0.39, 0.29) is 0 Å². The van der Waals surface area contributed by atoms with E-state index in [0.717, 1.165) is 37.1 Å². The van der Waals surface area contributed by atoms with Gasteiger partial charge in [0.2, 0.25) is 0 Å². The maximum Gasteiger partial charge on any atom is 0.0468 e. The fourth-order valence-corrected chi connectivity index (χ4v) is 2.94. The molecular formula is C16H24ClNO. The van der Waals surface area contributed by atoms with Gasteiger partial charge in [-0.3, -0.25) is 0 Å². The second-order valence-electron chi connectivity index (χ2n) is 5.38. The topological polar surface area (TPSA) is 21.3 Å². The molecule has 0 aliphatic carbocycles. The molecule has 1 saturated heterocycles. The van der Waals surface area contributed by atoms with Crippen LogP contribution in [0, 0.1) is 5.92 Å². The SMILES string of the molecule is CCNC(Cc1ccc(Cl)cc1)CC1CCOCC1. The second kappa shape index (κ2) is 7.88. The summed E-state index contributed by atoms with van der Waals surface area (Å²) in [7, 11) is 0. The summed E-state index contributed by atoms with van der Waals surface area (Å²) in [5, 5.41) is 4.43. The van der Waals surface area contributed by atoms with E-state index in [2.05, 4.69) is 24.4 Å². The summed E-state index contributed by atoms with van der Waals surface area (Å²) < 4.78 is 5.44. The van der Waals surface area contributed by atoms with Crippen molar-refractivity contribution >= 4 is 11.6 Å². The third-order valence-corrected chi connectivity index (χ3v) is 4.10. The van der Waals surface area contributed by atoms with Gasteiger partial charge in [-0.1, -0.05) is 30.7 Å². The highest BCUT2D eigenvalue weighted by molar-refractivity contribution is 6.30. The van der Waals surface area contributed by atoms with Crippen LogP contribution in [0.5, 0.6) is 0 Å². The third kappa shape index (κ3) is 5.13. The van der Waals surface area contributed by atoms with Crippen molar-refractivity contribution in [3.05, 3.63) is 34.9 Å². The molecular weight excluding hydrogens is 258 g/mol. The summed E-state index contributed by atoms with van der Waals surface area (Å²) in [5.41, 5.74) is 1.36. The molecule has 0 saturated carbocycles. The standard InChI is InChI=1S/C16H24ClNO/c1-2-18-16(12-14-7-9-19-10-8-14)11-13-3-5-15(17)6-4-13/h3-6,14,16,18H,2,7-12H2,1H3. The van der Waals surface area contributed by atoms with Gasteiger partial charge in [0.1, 0.15) is 0 Å². The van der Waals surface area contributed by atoms with Gasteiger partial charge in [-0.15, -0.1) is 0 Å². The minimum atomic E-state index is 0.564. The van der Waals surface area contributed by atoms with Crippen LogP contribution in [0.15, 0.2) is 24.3 Å². The number of hydrogen-bond acceptors (Lipinski definition) is 2. The van der Waals surface area contributed by atoms with Crippen LogP contribution in [0.2, 0.25) is 5.02 Å². The Kier molecular flexibility index (Phi) is 6.15. The van der Waals surface area contributed by atoms with Crippen molar-refractivity contribution in [2.24, 2.45) is 5.92 Å². The van der Waals surface area contributed by atoms with Crippen LogP contribution in [-0.4, -0.2) is 25.8 Å². The zero-order valence-electron chi connectivity index (χ0n) is 11.7. The van der Waals surface area contributed by atoms with Crippen LogP contribution in [-0.2, 0) is 11.2 Å². The average Bonchev–Trinajstić information content (AvgIpc) is 2.43. The van der Waals surface area contributed by atoms with Crippen molar-refractivity contribution < 1.29 is 4.74 Å². The Balaban J connectivity index is 1.89. The van der Waals surface area contributed by atoms with E-state index in [1.807, 2.05) is 12.1 Å². The fourth-order valence-electron chi connectivity index (χ4n) is 2.82. The molecule has 1 N–H and O–H groups in total. The summed E-state index contributed by atoms with van der Waals surface area (Å²) in [4.78, 5) is 0. The number of benzene rings is 1. The number of hydrogen-bond donors (Lipinski definition) is 1. The van der Waals surface area contributed by atoms with E-state index < -0.39 is 0 Å². The van der Waals surface area contributed by atoms with Crippen molar-refractivity contribution in [3.8, 4) is 0 Å². The molecule has 1 unspecified atom stereocenters. The van der Waals surface area contributed by atoms with Crippen LogP contribution in [0.4, 0.5) is 0 Å². The minimum absolute atomic E-state index is 0.564. The van der Waals surface area contributed by atoms with Crippen LogP contribution in [0.25, 0.3) is 0 Å². The van der Waals surface area contributed by atoms with Gasteiger partial charge < -0.3 is 10.1 Å². The Bertz CT molecular complexity index is 360. The van der Waals surface area contributed by atoms with Crippen molar-refractivity contribution in [2.45, 2.75) is 38.6 Å². The molecule has 106 valence electrons. The monoisotopic (exact) mass is 281 g/mol. The van der Waals surface area contributed by atoms with E-state index in [0.29, 0.717) is 6.04 Å². The number of halogens is 1. The predicted molar refractivity (Wildman–Crippen MR) is 80.8 cm³/mol. The molecule has 2 rings (SSSR count). The molecule has 0 spiro atoms. The molecule has 1 aromatic rings. The average molecular weight is 282 g/mol. The zero-order chi connectivity index (χ0) is 13.5. The molecule has 0 amide bonds. The summed E-state index contributed by atoms with van der Waals surface area (Å²) in [6, 6.07) is 8.80. The molecule has 0 radical (unpaired) electrons. The lowest BCUT2D eigenvalue weighted by atomic mass is 9.90.